The fourth-order valence-electron chi connectivity index (χ4n) is 7.55. The van der Waals surface area contributed by atoms with Crippen LogP contribution < -0.4 is 0 Å². The number of benzene rings is 9. The zero-order valence-corrected chi connectivity index (χ0v) is 31.7. The van der Waals surface area contributed by atoms with Crippen LogP contribution >= 0.6 is 0 Å². The van der Waals surface area contributed by atoms with Crippen LogP contribution in [-0.2, 0) is 0 Å². The lowest BCUT2D eigenvalue weighted by Crippen LogP contribution is -2.07. The van der Waals surface area contributed by atoms with Crippen LogP contribution in [0.25, 0.3) is 111 Å². The third-order valence-electron chi connectivity index (χ3n) is 10.3. The summed E-state index contributed by atoms with van der Waals surface area (Å²) in [6.07, 6.45) is 0. The first kappa shape index (κ1) is 18.9. The van der Waals surface area contributed by atoms with Crippen molar-refractivity contribution in [2.24, 2.45) is 0 Å². The van der Waals surface area contributed by atoms with Gasteiger partial charge < -0.3 is 4.57 Å². The summed E-state index contributed by atoms with van der Waals surface area (Å²) >= 11 is 0. The van der Waals surface area contributed by atoms with Crippen molar-refractivity contribution in [1.29, 1.82) is 0 Å². The molecule has 0 aliphatic rings. The fraction of sp³-hybridized carbons (Fsp3) is 0. The Kier molecular flexibility index (Phi) is 4.48. The van der Waals surface area contributed by atoms with Gasteiger partial charge in [-0.1, -0.05) is 206 Å². The van der Waals surface area contributed by atoms with E-state index < -0.39 is 216 Å². The van der Waals surface area contributed by atoms with Crippen molar-refractivity contribution in [2.75, 3.05) is 0 Å². The van der Waals surface area contributed by atoms with Gasteiger partial charge in [-0.2, -0.15) is 9.97 Å². The third-order valence-corrected chi connectivity index (χ3v) is 10.3. The molecule has 0 fully saturated rings. The number of hydrogen-bond donors (Lipinski definition) is 0. The summed E-state index contributed by atoms with van der Waals surface area (Å²) in [6.45, 7) is 0. The van der Waals surface area contributed by atoms with Crippen LogP contribution in [-0.4, -0.2) is 24.1 Å². The number of nitrogens with zero attached hydrogens (tertiary/aromatic N) is 5. The molecule has 0 saturated carbocycles. The molecule has 3 heterocycles. The van der Waals surface area contributed by atoms with Gasteiger partial charge in [0.1, 0.15) is 0 Å². The van der Waals surface area contributed by atoms with Gasteiger partial charge >= 0.3 is 0 Å². The molecule has 9 aromatic carbocycles. The van der Waals surface area contributed by atoms with Crippen molar-refractivity contribution in [3.63, 3.8) is 0 Å². The molecule has 3 aromatic heterocycles. The van der Waals surface area contributed by atoms with E-state index in [0.717, 1.165) is 20.3 Å². The van der Waals surface area contributed by atoms with Gasteiger partial charge in [0.25, 0.3) is 0 Å². The molecule has 290 valence electrons. The fourth-order valence-corrected chi connectivity index (χ4v) is 7.55. The molecule has 12 rings (SSSR count). The topological polar surface area (TPSA) is 48.5 Å². The zero-order chi connectivity index (χ0) is 61.9. The molecule has 0 saturated heterocycles. The molecule has 5 heteroatoms. The average molecular weight is 816 g/mol. The summed E-state index contributed by atoms with van der Waals surface area (Å²) in [5.74, 6) is -0.508. The number of rotatable bonds is 7. The van der Waals surface area contributed by atoms with Crippen LogP contribution in [0.15, 0.2) is 224 Å². The van der Waals surface area contributed by atoms with Crippen molar-refractivity contribution >= 4 is 43.6 Å². The monoisotopic (exact) mass is 815 g/mol. The highest BCUT2D eigenvalue weighted by Crippen LogP contribution is 2.44. The summed E-state index contributed by atoms with van der Waals surface area (Å²) in [6, 6.07) is 1.25. The molecule has 0 amide bonds. The molecular weight excluding hydrogens is 755 g/mol. The normalized spacial score (nSPS) is 17.0. The molecule has 0 unspecified atom stereocenters. The maximum atomic E-state index is 10.4. The second-order valence-corrected chi connectivity index (χ2v) is 13.8. The Bertz CT molecular complexity index is 4970. The highest BCUT2D eigenvalue weighted by Gasteiger charge is 2.25. The summed E-state index contributed by atoms with van der Waals surface area (Å²) in [5.41, 5.74) is -4.15. The Morgan fingerprint density at radius 1 is 0.339 bits per heavy atom. The van der Waals surface area contributed by atoms with Crippen molar-refractivity contribution in [3.8, 4) is 67.8 Å². The minimum absolute atomic E-state index is 0.0267. The van der Waals surface area contributed by atoms with E-state index in [-0.39, 0.29) is 11.6 Å². The number of fused-ring (bicyclic) bond motifs is 7. The third kappa shape index (κ3) is 5.90. The molecule has 0 spiro atoms. The molecule has 0 N–H and O–H groups in total. The van der Waals surface area contributed by atoms with Crippen LogP contribution in [0.4, 0.5) is 0 Å². The first-order valence-electron chi connectivity index (χ1n) is 31.0. The first-order chi connectivity index (χ1) is 40.7. The number of aromatic nitrogens is 5. The molecule has 5 nitrogen and oxygen atoms in total. The van der Waals surface area contributed by atoms with Gasteiger partial charge in [0.05, 0.1) is 60.7 Å². The van der Waals surface area contributed by atoms with Crippen LogP contribution in [0.1, 0.15) is 32.9 Å². The summed E-state index contributed by atoms with van der Waals surface area (Å²) in [4.78, 5) is 14.8. The number of hydrogen-bond acceptors (Lipinski definition) is 3. The van der Waals surface area contributed by atoms with E-state index >= 15 is 0 Å². The lowest BCUT2D eigenvalue weighted by atomic mass is 9.98. The largest absolute Gasteiger partial charge is 0.307 e. The molecule has 0 radical (unpaired) electrons. The Hall–Kier alpha value is -8.41. The van der Waals surface area contributed by atoms with E-state index in [4.69, 9.17) is 32.8 Å². The van der Waals surface area contributed by atoms with Crippen LogP contribution in [0, 0.1) is 0 Å². The molecule has 0 aliphatic heterocycles. The van der Waals surface area contributed by atoms with Crippen molar-refractivity contribution in [2.45, 2.75) is 0 Å². The van der Waals surface area contributed by atoms with Gasteiger partial charge in [-0.25, -0.2) is 4.98 Å². The zero-order valence-electron chi connectivity index (χ0n) is 55.7. The first-order valence-corrected chi connectivity index (χ1v) is 19.0. The lowest BCUT2D eigenvalue weighted by Gasteiger charge is -2.17. The van der Waals surface area contributed by atoms with Crippen LogP contribution in [0.2, 0.25) is 0 Å². The van der Waals surface area contributed by atoms with Gasteiger partial charge in [0.15, 0.2) is 11.6 Å². The van der Waals surface area contributed by atoms with E-state index in [1.165, 1.54) is 0 Å². The second kappa shape index (κ2) is 14.7. The highest BCUT2D eigenvalue weighted by atomic mass is 15.2. The smallest absolute Gasteiger partial charge is 0.238 e. The molecule has 0 aliphatic carbocycles. The van der Waals surface area contributed by atoms with Gasteiger partial charge in [-0.15, -0.1) is 0 Å². The average Bonchev–Trinajstić information content (AvgIpc) is 1.49. The highest BCUT2D eigenvalue weighted by molar-refractivity contribution is 6.24. The minimum Gasteiger partial charge on any atom is -0.307 e. The summed E-state index contributed by atoms with van der Waals surface area (Å²) in [7, 11) is 0. The minimum atomic E-state index is -1.10. The van der Waals surface area contributed by atoms with Crippen molar-refractivity contribution in [3.05, 3.63) is 224 Å². The van der Waals surface area contributed by atoms with Crippen LogP contribution in [0.5, 0.6) is 0 Å². The maximum Gasteiger partial charge on any atom is 0.238 e. The predicted octanol–water partition coefficient (Wildman–Crippen LogP) is 14.4. The van der Waals surface area contributed by atoms with Gasteiger partial charge in [0, 0.05) is 38.2 Å². The van der Waals surface area contributed by atoms with Crippen molar-refractivity contribution in [1.82, 2.24) is 24.1 Å². The molecule has 62 heavy (non-hydrogen) atoms. The van der Waals surface area contributed by atoms with E-state index in [1.807, 2.05) is 0 Å². The molecule has 12 aromatic rings. The second-order valence-electron chi connectivity index (χ2n) is 13.8. The van der Waals surface area contributed by atoms with Gasteiger partial charge in [-0.3, -0.25) is 4.57 Å². The maximum absolute atomic E-state index is 10.4. The Labute approximate surface area is 392 Å². The van der Waals surface area contributed by atoms with Gasteiger partial charge in [-0.05, 0) is 45.9 Å². The Morgan fingerprint density at radius 3 is 1.52 bits per heavy atom. The van der Waals surface area contributed by atoms with E-state index in [1.54, 1.807) is 78.9 Å². The quantitative estimate of drug-likeness (QED) is 0.161. The van der Waals surface area contributed by atoms with Gasteiger partial charge in [0.2, 0.25) is 5.95 Å². The van der Waals surface area contributed by atoms with Crippen molar-refractivity contribution < 1.29 is 32.9 Å². The standard InChI is InChI=1S/C57H37N5/c1-5-17-38(18-6-1)40-29-31-43(32-30-40)56-58-55(42-23-11-4-12-24-42)59-57(60-56)62-51-28-16-14-26-47(51)49-36-35-48-46-25-13-15-27-50(46)61(53(48)54(49)62)52-37-44(39-19-7-2-8-20-39)33-34-45(52)41-21-9-3-10-22-41/h1-37H/i1D,2D,3D,7D,8D,9D,10D,13D,14D,15D,16D,19D,20D,21D,22D,25D,26D,27D,28D,33D,34D,35D,36D,37D. The molecule has 0 atom stereocenters. The Morgan fingerprint density at radius 2 is 0.855 bits per heavy atom. The summed E-state index contributed by atoms with van der Waals surface area (Å²) < 4.78 is 223. The van der Waals surface area contributed by atoms with E-state index in [9.17, 15) is 15.1 Å². The Balaban J connectivity index is 1.38. The van der Waals surface area contributed by atoms with Crippen LogP contribution in [0.3, 0.4) is 0 Å². The summed E-state index contributed by atoms with van der Waals surface area (Å²) in [5, 5.41) is -1.97. The number of para-hydroxylation sites is 2. The predicted molar refractivity (Wildman–Crippen MR) is 256 cm³/mol. The lowest BCUT2D eigenvalue weighted by molar-refractivity contribution is 0.953. The van der Waals surface area contributed by atoms with E-state index in [2.05, 4.69) is 0 Å². The molecule has 0 bridgehead atoms. The molecular formula is C57H37N5. The SMILES string of the molecule is [2H]c1ccc(-c2ccc(-c3nc(-c4ccccc4)nc(-n4c5c([2H])c([2H])c([2H])c([2H])c5c5c([2H])c([2H])c6c7c([2H])c([2H])c([2H])c([2H])c7n(-c7c([2H])c(-c8c([2H])c([2H])c([2H])c([2H])c8[2H])c([2H])c([2H])c7-c7c([2H])c([2H])c([2H])c([2H])c7[2H])c6c54)n3)cc2)cc1. The van der Waals surface area contributed by atoms with E-state index in [0.29, 0.717) is 17.2 Å².